The molecule has 0 aromatic carbocycles. The maximum Gasteiger partial charge on any atom is 0.472 e. The number of carbonyl (C=O) groups is 1. The fourth-order valence-electron chi connectivity index (χ4n) is 8.22. The maximum atomic E-state index is 13.0. The van der Waals surface area contributed by atoms with E-state index in [-0.39, 0.29) is 25.5 Å². The lowest BCUT2D eigenvalue weighted by molar-refractivity contribution is -0.870. The third kappa shape index (κ3) is 58.4. The summed E-state index contributed by atoms with van der Waals surface area (Å²) in [5.41, 5.74) is 0. The van der Waals surface area contributed by atoms with Crippen LogP contribution in [0.1, 0.15) is 239 Å². The average Bonchev–Trinajstić information content (AvgIpc) is 3.37. The molecule has 0 aliphatic heterocycles. The molecule has 75 heavy (non-hydrogen) atoms. The van der Waals surface area contributed by atoms with E-state index in [9.17, 15) is 19.4 Å². The number of amides is 1. The van der Waals surface area contributed by atoms with Crippen LogP contribution in [0.3, 0.4) is 0 Å². The van der Waals surface area contributed by atoms with E-state index in [2.05, 4.69) is 129 Å². The van der Waals surface area contributed by atoms with Gasteiger partial charge in [-0.15, -0.1) is 0 Å². The molecule has 0 aromatic heterocycles. The van der Waals surface area contributed by atoms with Gasteiger partial charge in [-0.05, 0) is 83.5 Å². The molecule has 0 saturated heterocycles. The molecule has 0 spiro atoms. The van der Waals surface area contributed by atoms with Gasteiger partial charge in [0.1, 0.15) is 13.2 Å². The van der Waals surface area contributed by atoms with E-state index < -0.39 is 20.0 Å². The minimum atomic E-state index is -4.37. The molecule has 0 bridgehead atoms. The highest BCUT2D eigenvalue weighted by Crippen LogP contribution is 2.43. The summed E-state index contributed by atoms with van der Waals surface area (Å²) in [5, 5.41) is 13.9. The second kappa shape index (κ2) is 55.6. The van der Waals surface area contributed by atoms with Crippen molar-refractivity contribution in [3.63, 3.8) is 0 Å². The van der Waals surface area contributed by atoms with Gasteiger partial charge in [0, 0.05) is 6.42 Å². The number of hydrogen-bond acceptors (Lipinski definition) is 5. The third-order valence-electron chi connectivity index (χ3n) is 12.9. The molecular weight excluding hydrogens is 948 g/mol. The maximum absolute atomic E-state index is 13.0. The molecular formula is C66H116N2O6P+. The molecule has 1 amide bonds. The lowest BCUT2D eigenvalue weighted by atomic mass is 10.0. The molecule has 0 rings (SSSR count). The molecule has 0 radical (unpaired) electrons. The van der Waals surface area contributed by atoms with Crippen molar-refractivity contribution in [2.24, 2.45) is 0 Å². The number of unbranched alkanes of at least 4 members (excludes halogenated alkanes) is 23. The van der Waals surface area contributed by atoms with Gasteiger partial charge in [0.2, 0.25) is 5.91 Å². The van der Waals surface area contributed by atoms with E-state index in [1.165, 1.54) is 128 Å². The normalized spacial score (nSPS) is 14.7. The predicted octanol–water partition coefficient (Wildman–Crippen LogP) is 18.9. The van der Waals surface area contributed by atoms with Crippen molar-refractivity contribution in [2.75, 3.05) is 40.9 Å². The van der Waals surface area contributed by atoms with Crippen LogP contribution < -0.4 is 5.32 Å². The number of aliphatic hydroxyl groups excluding tert-OH is 1. The van der Waals surface area contributed by atoms with E-state index in [0.29, 0.717) is 17.4 Å². The van der Waals surface area contributed by atoms with Crippen LogP contribution in [0.5, 0.6) is 0 Å². The average molecular weight is 1060 g/mol. The van der Waals surface area contributed by atoms with E-state index in [1.807, 2.05) is 27.2 Å². The smallest absolute Gasteiger partial charge is 0.387 e. The third-order valence-corrected chi connectivity index (χ3v) is 13.9. The number of allylic oxidation sites excluding steroid dienone is 19. The first-order valence-electron chi connectivity index (χ1n) is 30.4. The Hall–Kier alpha value is -3.10. The Bertz CT molecular complexity index is 1630. The van der Waals surface area contributed by atoms with Crippen LogP contribution in [-0.4, -0.2) is 73.4 Å². The van der Waals surface area contributed by atoms with Crippen molar-refractivity contribution in [3.05, 3.63) is 122 Å². The van der Waals surface area contributed by atoms with Crippen LogP contribution in [0.15, 0.2) is 122 Å². The molecule has 3 unspecified atom stereocenters. The van der Waals surface area contributed by atoms with Crippen LogP contribution in [-0.2, 0) is 18.4 Å². The summed E-state index contributed by atoms with van der Waals surface area (Å²) < 4.78 is 23.7. The Kier molecular flexibility index (Phi) is 53.3. The summed E-state index contributed by atoms with van der Waals surface area (Å²) in [6, 6.07) is -0.888. The van der Waals surface area contributed by atoms with Gasteiger partial charge in [-0.3, -0.25) is 13.8 Å². The zero-order chi connectivity index (χ0) is 54.9. The van der Waals surface area contributed by atoms with Gasteiger partial charge in [0.15, 0.2) is 0 Å². The van der Waals surface area contributed by atoms with Crippen molar-refractivity contribution >= 4 is 13.7 Å². The first kappa shape index (κ1) is 71.9. The number of nitrogens with zero attached hydrogens (tertiary/aromatic N) is 1. The summed E-state index contributed by atoms with van der Waals surface area (Å²) in [7, 11) is 1.52. The Labute approximate surface area is 463 Å². The second-order valence-corrected chi connectivity index (χ2v) is 22.8. The van der Waals surface area contributed by atoms with E-state index >= 15 is 0 Å². The molecule has 9 heteroatoms. The number of rotatable bonds is 54. The first-order chi connectivity index (χ1) is 36.5. The summed E-state index contributed by atoms with van der Waals surface area (Å²) in [6.45, 7) is 4.66. The highest BCUT2D eigenvalue weighted by atomic mass is 31.2. The van der Waals surface area contributed by atoms with E-state index in [4.69, 9.17) is 9.05 Å². The number of likely N-dealkylation sites (N-methyl/N-ethyl adjacent to an activating group) is 1. The summed E-state index contributed by atoms with van der Waals surface area (Å²) in [5.74, 6) is -0.238. The van der Waals surface area contributed by atoms with Gasteiger partial charge in [0.05, 0.1) is 39.9 Å². The zero-order valence-electron chi connectivity index (χ0n) is 49.0. The molecule has 430 valence electrons. The van der Waals surface area contributed by atoms with Crippen LogP contribution in [0.2, 0.25) is 0 Å². The van der Waals surface area contributed by atoms with Gasteiger partial charge in [-0.2, -0.15) is 0 Å². The number of carbonyl (C=O) groups excluding carboxylic acids is 1. The molecule has 0 aliphatic rings. The van der Waals surface area contributed by atoms with Gasteiger partial charge in [-0.25, -0.2) is 4.57 Å². The van der Waals surface area contributed by atoms with Crippen LogP contribution in [0.4, 0.5) is 0 Å². The molecule has 3 atom stereocenters. The standard InChI is InChI=1S/C66H115N2O6P/c1-6-8-10-12-14-16-18-20-22-24-26-28-30-32-33-34-35-36-38-40-42-44-46-48-50-52-54-56-58-60-66(70)67-64(63-74-75(71,72)73-62-61-68(3,4)5)65(69)59-57-55-53-51-49-47-45-43-41-39-37-31-29-27-25-23-21-19-17-15-13-11-9-7-2/h8,10,14,16,20,22,26,28,32-33,35-36,40,42,46,48,52,54,57,59,64-65,69H,6-7,9,11-13,15,17-19,21,23-25,27,29-31,34,37-39,41,43-45,47,49-51,53,55-56,58,60-63H2,1-5H3,(H-,67,70,71,72)/p+1/b10-8-,16-14-,22-20-,28-26-,33-32-,36-35-,42-40-,48-46-,54-52-,59-57+. The molecule has 0 fully saturated rings. The highest BCUT2D eigenvalue weighted by Gasteiger charge is 2.27. The Morgan fingerprint density at radius 2 is 0.800 bits per heavy atom. The van der Waals surface area contributed by atoms with Crippen molar-refractivity contribution in [2.45, 2.75) is 251 Å². The predicted molar refractivity (Wildman–Crippen MR) is 327 cm³/mol. The number of quaternary nitrogens is 1. The first-order valence-corrected chi connectivity index (χ1v) is 31.9. The molecule has 0 saturated carbocycles. The lowest BCUT2D eigenvalue weighted by Crippen LogP contribution is -2.45. The Morgan fingerprint density at radius 1 is 0.467 bits per heavy atom. The number of aliphatic hydroxyl groups is 1. The largest absolute Gasteiger partial charge is 0.472 e. The molecule has 3 N–H and O–H groups in total. The van der Waals surface area contributed by atoms with Crippen LogP contribution in [0.25, 0.3) is 0 Å². The monoisotopic (exact) mass is 1060 g/mol. The van der Waals surface area contributed by atoms with Crippen molar-refractivity contribution in [1.82, 2.24) is 5.32 Å². The summed E-state index contributed by atoms with van der Waals surface area (Å²) in [4.78, 5) is 23.3. The zero-order valence-corrected chi connectivity index (χ0v) is 49.9. The minimum absolute atomic E-state index is 0.0440. The van der Waals surface area contributed by atoms with Crippen molar-refractivity contribution in [1.29, 1.82) is 0 Å². The fraction of sp³-hybridized carbons (Fsp3) is 0.682. The lowest BCUT2D eigenvalue weighted by Gasteiger charge is -2.25. The van der Waals surface area contributed by atoms with Crippen molar-refractivity contribution < 1.29 is 32.9 Å². The number of nitrogens with one attached hydrogen (secondary N) is 1. The summed E-state index contributed by atoms with van der Waals surface area (Å²) >= 11 is 0. The number of phosphoric acid groups is 1. The Morgan fingerprint density at radius 3 is 1.16 bits per heavy atom. The van der Waals surface area contributed by atoms with Gasteiger partial charge < -0.3 is 19.8 Å². The molecule has 8 nitrogen and oxygen atoms in total. The Balaban J connectivity index is 4.35. The number of phosphoric ester groups is 1. The molecule has 0 aliphatic carbocycles. The minimum Gasteiger partial charge on any atom is -0.387 e. The second-order valence-electron chi connectivity index (χ2n) is 21.3. The van der Waals surface area contributed by atoms with Crippen molar-refractivity contribution in [3.8, 4) is 0 Å². The van der Waals surface area contributed by atoms with E-state index in [1.54, 1.807) is 6.08 Å². The van der Waals surface area contributed by atoms with Crippen LogP contribution in [0, 0.1) is 0 Å². The van der Waals surface area contributed by atoms with Gasteiger partial charge in [-0.1, -0.05) is 270 Å². The molecule has 0 heterocycles. The van der Waals surface area contributed by atoms with E-state index in [0.717, 1.165) is 83.5 Å². The fourth-order valence-corrected chi connectivity index (χ4v) is 8.96. The topological polar surface area (TPSA) is 105 Å². The van der Waals surface area contributed by atoms with Gasteiger partial charge >= 0.3 is 7.82 Å². The summed E-state index contributed by atoms with van der Waals surface area (Å²) in [6.07, 6.45) is 83.1. The molecule has 0 aromatic rings. The SMILES string of the molecule is CC/C=C\C/C=C\C/C=C\C/C=C\C/C=C\C/C=C\C/C=C\C/C=C\C/C=C\CCCC(=O)NC(COP(=O)(O)OCC[N+](C)(C)C)C(O)/C=C/CCCCCCCCCCCCCCCCCCCCCCCC. The highest BCUT2D eigenvalue weighted by molar-refractivity contribution is 7.47. The quantitative estimate of drug-likeness (QED) is 0.0243. The van der Waals surface area contributed by atoms with Gasteiger partial charge in [0.25, 0.3) is 0 Å². The van der Waals surface area contributed by atoms with Crippen LogP contribution >= 0.6 is 7.82 Å². The number of hydrogen-bond donors (Lipinski definition) is 3.